The van der Waals surface area contributed by atoms with Gasteiger partial charge in [0, 0.05) is 17.8 Å². The first kappa shape index (κ1) is 17.6. The lowest BCUT2D eigenvalue weighted by Gasteiger charge is -2.11. The Morgan fingerprint density at radius 3 is 2.48 bits per heavy atom. The maximum atomic E-state index is 12.5. The molecular weight excluding hydrogens is 361 g/mol. The summed E-state index contributed by atoms with van der Waals surface area (Å²) in [4.78, 5) is 14.7. The molecule has 132 valence electrons. The van der Waals surface area contributed by atoms with Crippen molar-refractivity contribution in [2.45, 2.75) is 22.4 Å². The van der Waals surface area contributed by atoms with E-state index in [4.69, 9.17) is 9.47 Å². The van der Waals surface area contributed by atoms with Crippen LogP contribution < -0.4 is 0 Å². The number of nitro benzene ring substituents is 1. The van der Waals surface area contributed by atoms with Crippen molar-refractivity contribution in [1.29, 1.82) is 0 Å². The van der Waals surface area contributed by atoms with Gasteiger partial charge in [0.1, 0.15) is 5.03 Å². The molecule has 0 unspecified atom stereocenters. The molecule has 2 aromatic rings. The topological polar surface area (TPSA) is 74.5 Å². The van der Waals surface area contributed by atoms with E-state index in [1.165, 1.54) is 18.2 Å². The summed E-state index contributed by atoms with van der Waals surface area (Å²) < 4.78 is 48.3. The quantitative estimate of drug-likeness (QED) is 0.591. The van der Waals surface area contributed by atoms with Gasteiger partial charge < -0.3 is 9.47 Å². The van der Waals surface area contributed by atoms with Crippen LogP contribution in [0.1, 0.15) is 17.4 Å². The number of rotatable bonds is 4. The van der Waals surface area contributed by atoms with E-state index < -0.39 is 23.0 Å². The van der Waals surface area contributed by atoms with Crippen molar-refractivity contribution < 1.29 is 27.6 Å². The molecule has 10 heteroatoms. The van der Waals surface area contributed by atoms with Gasteiger partial charge in [-0.1, -0.05) is 17.8 Å². The van der Waals surface area contributed by atoms with Gasteiger partial charge in [-0.3, -0.25) is 10.1 Å². The Kier molecular flexibility index (Phi) is 4.93. The van der Waals surface area contributed by atoms with Crippen molar-refractivity contribution in [1.82, 2.24) is 4.98 Å². The number of ether oxygens (including phenoxy) is 2. The first-order chi connectivity index (χ1) is 11.8. The summed E-state index contributed by atoms with van der Waals surface area (Å²) in [6.07, 6.45) is -4.43. The maximum Gasteiger partial charge on any atom is 0.417 e. The number of aromatic nitrogens is 1. The smallest absolute Gasteiger partial charge is 0.346 e. The van der Waals surface area contributed by atoms with Gasteiger partial charge in [-0.2, -0.15) is 13.2 Å². The predicted molar refractivity (Wildman–Crippen MR) is 81.1 cm³/mol. The zero-order chi connectivity index (χ0) is 18.0. The summed E-state index contributed by atoms with van der Waals surface area (Å²) in [5.74, 6) is 0. The highest BCUT2D eigenvalue weighted by atomic mass is 32.2. The van der Waals surface area contributed by atoms with Gasteiger partial charge in [-0.15, -0.1) is 0 Å². The lowest BCUT2D eigenvalue weighted by molar-refractivity contribution is -0.387. The highest BCUT2D eigenvalue weighted by Gasteiger charge is 2.31. The summed E-state index contributed by atoms with van der Waals surface area (Å²) >= 11 is 0.911. The Balaban J connectivity index is 1.85. The van der Waals surface area contributed by atoms with E-state index in [1.54, 1.807) is 6.07 Å². The number of hydrogen-bond donors (Lipinski definition) is 0. The Labute approximate surface area is 144 Å². The molecule has 25 heavy (non-hydrogen) atoms. The molecule has 0 bridgehead atoms. The molecule has 0 radical (unpaired) electrons. The number of nitrogens with zero attached hydrogens (tertiary/aromatic N) is 2. The molecule has 0 spiro atoms. The van der Waals surface area contributed by atoms with Crippen LogP contribution in [0.25, 0.3) is 0 Å². The Morgan fingerprint density at radius 1 is 1.20 bits per heavy atom. The molecule has 6 nitrogen and oxygen atoms in total. The highest BCUT2D eigenvalue weighted by molar-refractivity contribution is 7.99. The third-order valence-corrected chi connectivity index (χ3v) is 4.37. The molecule has 1 fully saturated rings. The number of halogens is 3. The molecule has 1 saturated heterocycles. The van der Waals surface area contributed by atoms with E-state index in [0.717, 1.165) is 17.8 Å². The number of benzene rings is 1. The van der Waals surface area contributed by atoms with Gasteiger partial charge >= 0.3 is 6.18 Å². The molecule has 3 rings (SSSR count). The van der Waals surface area contributed by atoms with Gasteiger partial charge in [0.05, 0.1) is 28.6 Å². The van der Waals surface area contributed by atoms with Crippen LogP contribution >= 0.6 is 11.8 Å². The number of pyridine rings is 1. The molecule has 2 heterocycles. The molecule has 0 amide bonds. The fourth-order valence-corrected chi connectivity index (χ4v) is 3.02. The van der Waals surface area contributed by atoms with Crippen molar-refractivity contribution in [3.8, 4) is 0 Å². The van der Waals surface area contributed by atoms with E-state index in [9.17, 15) is 23.3 Å². The van der Waals surface area contributed by atoms with Crippen LogP contribution in [0.15, 0.2) is 46.5 Å². The predicted octanol–water partition coefficient (Wildman–Crippen LogP) is 4.21. The van der Waals surface area contributed by atoms with Crippen molar-refractivity contribution in [3.05, 3.63) is 57.8 Å². The molecule has 1 aromatic carbocycles. The lowest BCUT2D eigenvalue weighted by atomic mass is 10.2. The van der Waals surface area contributed by atoms with E-state index in [-0.39, 0.29) is 15.6 Å². The van der Waals surface area contributed by atoms with Crippen molar-refractivity contribution in [2.75, 3.05) is 13.2 Å². The standard InChI is InChI=1S/C15H11F3N2O4S/c16-15(17,18)10-2-4-13(19-8-10)25-12-3-1-9(7-11(12)20(21)22)14-23-5-6-24-14/h1-4,7-8,14H,5-6H2. The Morgan fingerprint density at radius 2 is 1.92 bits per heavy atom. The average Bonchev–Trinajstić information content (AvgIpc) is 3.09. The highest BCUT2D eigenvalue weighted by Crippen LogP contribution is 2.37. The minimum Gasteiger partial charge on any atom is -0.346 e. The molecule has 1 aliphatic rings. The fourth-order valence-electron chi connectivity index (χ4n) is 2.18. The van der Waals surface area contributed by atoms with Gasteiger partial charge in [0.2, 0.25) is 0 Å². The molecule has 0 saturated carbocycles. The molecule has 1 aromatic heterocycles. The van der Waals surface area contributed by atoms with Gasteiger partial charge in [0.15, 0.2) is 6.29 Å². The van der Waals surface area contributed by atoms with E-state index in [2.05, 4.69) is 4.98 Å². The second-order valence-corrected chi connectivity index (χ2v) is 6.10. The van der Waals surface area contributed by atoms with E-state index in [1.807, 2.05) is 0 Å². The Hall–Kier alpha value is -2.17. The summed E-state index contributed by atoms with van der Waals surface area (Å²) in [7, 11) is 0. The zero-order valence-corrected chi connectivity index (χ0v) is 13.3. The minimum absolute atomic E-state index is 0.191. The van der Waals surface area contributed by atoms with Crippen LogP contribution in [0.5, 0.6) is 0 Å². The van der Waals surface area contributed by atoms with Gasteiger partial charge in [-0.05, 0) is 18.2 Å². The van der Waals surface area contributed by atoms with Crippen molar-refractivity contribution >= 4 is 17.4 Å². The number of alkyl halides is 3. The van der Waals surface area contributed by atoms with Gasteiger partial charge in [0.25, 0.3) is 5.69 Å². The lowest BCUT2D eigenvalue weighted by Crippen LogP contribution is -2.05. The molecular formula is C15H11F3N2O4S. The maximum absolute atomic E-state index is 12.5. The Bertz CT molecular complexity index is 777. The van der Waals surface area contributed by atoms with Crippen LogP contribution in [0.4, 0.5) is 18.9 Å². The van der Waals surface area contributed by atoms with Gasteiger partial charge in [-0.25, -0.2) is 4.98 Å². The first-order valence-electron chi connectivity index (χ1n) is 7.07. The summed E-state index contributed by atoms with van der Waals surface area (Å²) in [5, 5.41) is 11.5. The average molecular weight is 372 g/mol. The fraction of sp³-hybridized carbons (Fsp3) is 0.267. The van der Waals surface area contributed by atoms with Crippen LogP contribution in [-0.4, -0.2) is 23.1 Å². The van der Waals surface area contributed by atoms with Crippen molar-refractivity contribution in [2.24, 2.45) is 0 Å². The monoisotopic (exact) mass is 372 g/mol. The molecule has 0 N–H and O–H groups in total. The van der Waals surface area contributed by atoms with Crippen molar-refractivity contribution in [3.63, 3.8) is 0 Å². The third-order valence-electron chi connectivity index (χ3n) is 3.35. The molecule has 0 atom stereocenters. The third kappa shape index (κ3) is 4.09. The largest absolute Gasteiger partial charge is 0.417 e. The second kappa shape index (κ2) is 6.98. The number of nitro groups is 1. The normalized spacial score (nSPS) is 15.5. The SMILES string of the molecule is O=[N+]([O-])c1cc(C2OCCO2)ccc1Sc1ccc(C(F)(F)F)cn1. The molecule has 0 aliphatic carbocycles. The van der Waals surface area contributed by atoms with E-state index in [0.29, 0.717) is 25.0 Å². The van der Waals surface area contributed by atoms with Crippen LogP contribution in [0.2, 0.25) is 0 Å². The zero-order valence-electron chi connectivity index (χ0n) is 12.5. The van der Waals surface area contributed by atoms with Crippen LogP contribution in [0.3, 0.4) is 0 Å². The first-order valence-corrected chi connectivity index (χ1v) is 7.89. The van der Waals surface area contributed by atoms with Crippen LogP contribution in [-0.2, 0) is 15.7 Å². The van der Waals surface area contributed by atoms with Crippen LogP contribution in [0, 0.1) is 10.1 Å². The van der Waals surface area contributed by atoms with E-state index >= 15 is 0 Å². The second-order valence-electron chi connectivity index (χ2n) is 5.04. The minimum atomic E-state index is -4.48. The number of hydrogen-bond acceptors (Lipinski definition) is 6. The summed E-state index contributed by atoms with van der Waals surface area (Å²) in [6, 6.07) is 6.52. The summed E-state index contributed by atoms with van der Waals surface area (Å²) in [6.45, 7) is 0.814. The summed E-state index contributed by atoms with van der Waals surface area (Å²) in [5.41, 5.74) is -0.561. The molecule has 1 aliphatic heterocycles.